The molecule has 0 radical (unpaired) electrons. The van der Waals surface area contributed by atoms with Crippen molar-refractivity contribution >= 4 is 28.8 Å². The van der Waals surface area contributed by atoms with Crippen molar-refractivity contribution in [3.63, 3.8) is 0 Å². The van der Waals surface area contributed by atoms with E-state index in [0.717, 1.165) is 63.4 Å². The van der Waals surface area contributed by atoms with E-state index in [9.17, 15) is 14.9 Å². The third kappa shape index (κ3) is 5.28. The minimum Gasteiger partial charge on any atom is -0.309 e. The minimum atomic E-state index is -0.389. The van der Waals surface area contributed by atoms with Crippen LogP contribution in [0.4, 0.5) is 5.69 Å². The molecule has 7 aromatic rings. The molecule has 246 valence electrons. The highest BCUT2D eigenvalue weighted by molar-refractivity contribution is 7.07. The number of thiazole rings is 1. The lowest BCUT2D eigenvalue weighted by molar-refractivity contribution is -0.384. The van der Waals surface area contributed by atoms with Crippen LogP contribution in [0.25, 0.3) is 40.0 Å². The minimum absolute atomic E-state index is 0.0213. The molecule has 3 heterocycles. The zero-order valence-electron chi connectivity index (χ0n) is 27.3. The lowest BCUT2D eigenvalue weighted by atomic mass is 9.83. The van der Waals surface area contributed by atoms with Crippen LogP contribution in [0.15, 0.2) is 161 Å². The first-order valence-electron chi connectivity index (χ1n) is 16.8. The van der Waals surface area contributed by atoms with E-state index >= 15 is 0 Å². The van der Waals surface area contributed by atoms with E-state index in [1.165, 1.54) is 34.6 Å². The third-order valence-corrected chi connectivity index (χ3v) is 10.7. The number of aryl methyl sites for hydroxylation is 1. The predicted octanol–water partition coefficient (Wildman–Crippen LogP) is 8.35. The normalized spacial score (nSPS) is 15.1. The largest absolute Gasteiger partial charge is 0.309 e. The molecule has 1 atom stereocenters. The first-order chi connectivity index (χ1) is 25.0. The molecular formula is C43H30N4O3S. The van der Waals surface area contributed by atoms with Gasteiger partial charge in [-0.05, 0) is 64.9 Å². The Bertz CT molecular complexity index is 2670. The highest BCUT2D eigenvalue weighted by Crippen LogP contribution is 2.41. The number of hydrogen-bond donors (Lipinski definition) is 0. The van der Waals surface area contributed by atoms with E-state index in [1.807, 2.05) is 89.5 Å². The van der Waals surface area contributed by atoms with Gasteiger partial charge in [0.1, 0.15) is 0 Å². The Hall–Kier alpha value is -6.38. The van der Waals surface area contributed by atoms with Crippen molar-refractivity contribution in [2.45, 2.75) is 18.9 Å². The zero-order valence-corrected chi connectivity index (χ0v) is 28.2. The number of nitro groups is 1. The van der Waals surface area contributed by atoms with Crippen molar-refractivity contribution in [3.05, 3.63) is 203 Å². The number of nitrogens with zero attached hydrogens (tertiary/aromatic N) is 4. The summed E-state index contributed by atoms with van der Waals surface area (Å²) >= 11 is 1.41. The van der Waals surface area contributed by atoms with E-state index < -0.39 is 0 Å². The van der Waals surface area contributed by atoms with E-state index in [0.29, 0.717) is 9.33 Å². The number of benzene rings is 5. The molecule has 0 saturated heterocycles. The molecule has 0 fully saturated rings. The number of hydrogen-bond acceptors (Lipinski definition) is 5. The van der Waals surface area contributed by atoms with Gasteiger partial charge in [-0.1, -0.05) is 127 Å². The Balaban J connectivity index is 1.31. The summed E-state index contributed by atoms with van der Waals surface area (Å²) in [6, 6.07) is 47.3. The van der Waals surface area contributed by atoms with Gasteiger partial charge in [0.25, 0.3) is 11.2 Å². The summed E-state index contributed by atoms with van der Waals surface area (Å²) in [4.78, 5) is 31.7. The molecule has 0 unspecified atom stereocenters. The van der Waals surface area contributed by atoms with Crippen LogP contribution in [0, 0.1) is 10.1 Å². The lowest BCUT2D eigenvalue weighted by Crippen LogP contribution is -2.38. The van der Waals surface area contributed by atoms with Crippen LogP contribution >= 0.6 is 11.3 Å². The molecule has 0 amide bonds. The molecule has 0 N–H and O–H groups in total. The number of fused-ring (bicyclic) bond motifs is 3. The summed E-state index contributed by atoms with van der Waals surface area (Å²) < 4.78 is 4.59. The second kappa shape index (κ2) is 12.5. The maximum Gasteiger partial charge on any atom is 0.271 e. The van der Waals surface area contributed by atoms with Crippen molar-refractivity contribution in [1.29, 1.82) is 0 Å². The van der Waals surface area contributed by atoms with E-state index in [4.69, 9.17) is 4.99 Å². The second-order valence-corrected chi connectivity index (χ2v) is 13.7. The van der Waals surface area contributed by atoms with Crippen LogP contribution in [0.1, 0.15) is 34.7 Å². The monoisotopic (exact) mass is 682 g/mol. The molecule has 1 aliphatic heterocycles. The maximum absolute atomic E-state index is 14.7. The highest BCUT2D eigenvalue weighted by Gasteiger charge is 2.32. The standard InChI is InChI=1S/C43H30N4O3S/c48-42-38(51-43-44-39-35-19-11-10-12-28(35)20-25-36(39)41(46(42)43)31-17-8-3-9-18-31)27-32-26-37(29-13-4-1-5-14-29)45(40(32)30-15-6-2-7-16-30)33-21-23-34(24-22-33)47(49)50/h1-19,21-24,26-27,41H,20,25H2/b38-27+/t41-/m0/s1. The number of aromatic nitrogens is 2. The van der Waals surface area contributed by atoms with E-state index in [2.05, 4.69) is 47.0 Å². The van der Waals surface area contributed by atoms with Gasteiger partial charge in [-0.3, -0.25) is 19.5 Å². The van der Waals surface area contributed by atoms with Gasteiger partial charge in [-0.15, -0.1) is 0 Å². The van der Waals surface area contributed by atoms with Crippen LogP contribution < -0.4 is 14.9 Å². The Kier molecular flexibility index (Phi) is 7.51. The predicted molar refractivity (Wildman–Crippen MR) is 202 cm³/mol. The van der Waals surface area contributed by atoms with Crippen LogP contribution in [0.5, 0.6) is 0 Å². The third-order valence-electron chi connectivity index (χ3n) is 9.74. The van der Waals surface area contributed by atoms with E-state index in [1.54, 1.807) is 12.1 Å². The zero-order chi connectivity index (χ0) is 34.5. The summed E-state index contributed by atoms with van der Waals surface area (Å²) in [6.07, 6.45) is 3.71. The van der Waals surface area contributed by atoms with Gasteiger partial charge >= 0.3 is 0 Å². The molecule has 5 aromatic carbocycles. The van der Waals surface area contributed by atoms with Crippen LogP contribution in [0.3, 0.4) is 0 Å². The van der Waals surface area contributed by atoms with Crippen molar-refractivity contribution in [2.75, 3.05) is 0 Å². The molecule has 51 heavy (non-hydrogen) atoms. The Morgan fingerprint density at radius 2 is 1.41 bits per heavy atom. The average Bonchev–Trinajstić information content (AvgIpc) is 3.71. The SMILES string of the molecule is O=c1/c(=C\c2cc(-c3ccccc3)n(-c3ccc([N+](=O)[O-])cc3)c2-c2ccccc2)sc2n1[C@@H](c1ccccc1)C1=C(N=2)c2ccccc2CC1. The second-order valence-electron chi connectivity index (χ2n) is 12.7. The van der Waals surface area contributed by atoms with Gasteiger partial charge < -0.3 is 4.57 Å². The molecule has 1 aliphatic carbocycles. The average molecular weight is 683 g/mol. The number of non-ortho nitro benzene ring substituents is 1. The van der Waals surface area contributed by atoms with Gasteiger partial charge in [-0.2, -0.15) is 0 Å². The lowest BCUT2D eigenvalue weighted by Gasteiger charge is -2.30. The van der Waals surface area contributed by atoms with Crippen molar-refractivity contribution in [2.24, 2.45) is 4.99 Å². The molecule has 7 nitrogen and oxygen atoms in total. The van der Waals surface area contributed by atoms with Crippen molar-refractivity contribution in [3.8, 4) is 28.2 Å². The Morgan fingerprint density at radius 1 is 0.765 bits per heavy atom. The topological polar surface area (TPSA) is 82.4 Å². The van der Waals surface area contributed by atoms with Gasteiger partial charge in [0, 0.05) is 28.9 Å². The van der Waals surface area contributed by atoms with Crippen molar-refractivity contribution < 1.29 is 4.92 Å². The Morgan fingerprint density at radius 3 is 2.12 bits per heavy atom. The van der Waals surface area contributed by atoms with Crippen molar-refractivity contribution in [1.82, 2.24) is 9.13 Å². The molecule has 2 aliphatic rings. The van der Waals surface area contributed by atoms with E-state index in [-0.39, 0.29) is 22.2 Å². The first kappa shape index (κ1) is 30.7. The summed E-state index contributed by atoms with van der Waals surface area (Å²) in [5.41, 5.74) is 10.9. The number of allylic oxidation sites excluding steroid dienone is 1. The fraction of sp³-hybridized carbons (Fsp3) is 0.0698. The molecule has 8 heteroatoms. The summed E-state index contributed by atoms with van der Waals surface area (Å²) in [6.45, 7) is 0. The molecule has 0 spiro atoms. The van der Waals surface area contributed by atoms with Gasteiger partial charge in [0.15, 0.2) is 4.80 Å². The van der Waals surface area contributed by atoms with Crippen LogP contribution in [0.2, 0.25) is 0 Å². The fourth-order valence-corrected chi connectivity index (χ4v) is 8.44. The highest BCUT2D eigenvalue weighted by atomic mass is 32.1. The number of nitro benzene ring substituents is 1. The summed E-state index contributed by atoms with van der Waals surface area (Å²) in [7, 11) is 0. The fourth-order valence-electron chi connectivity index (χ4n) is 7.44. The maximum atomic E-state index is 14.7. The van der Waals surface area contributed by atoms with Gasteiger partial charge in [0.05, 0.1) is 32.6 Å². The quantitative estimate of drug-likeness (QED) is 0.131. The molecule has 2 aromatic heterocycles. The molecule has 0 saturated carbocycles. The molecule has 0 bridgehead atoms. The molecular weight excluding hydrogens is 653 g/mol. The van der Waals surface area contributed by atoms with Crippen LogP contribution in [-0.4, -0.2) is 14.1 Å². The molecule has 9 rings (SSSR count). The smallest absolute Gasteiger partial charge is 0.271 e. The van der Waals surface area contributed by atoms with Crippen LogP contribution in [-0.2, 0) is 6.42 Å². The summed E-state index contributed by atoms with van der Waals surface area (Å²) in [5.74, 6) is 0. The summed E-state index contributed by atoms with van der Waals surface area (Å²) in [5, 5.41) is 11.6. The van der Waals surface area contributed by atoms with Gasteiger partial charge in [0.2, 0.25) is 0 Å². The first-order valence-corrected chi connectivity index (χ1v) is 17.7. The van der Waals surface area contributed by atoms with Gasteiger partial charge in [-0.25, -0.2) is 4.99 Å². The Labute approximate surface area is 297 Å². The number of rotatable bonds is 6.